The third-order valence-electron chi connectivity index (χ3n) is 4.60. The summed E-state index contributed by atoms with van der Waals surface area (Å²) in [6.45, 7) is 2.32. The Hall–Kier alpha value is -3.22. The number of nitrogens with one attached hydrogen (secondary N) is 1. The van der Waals surface area contributed by atoms with Gasteiger partial charge in [-0.25, -0.2) is 0 Å². The molecule has 3 rings (SSSR count). The summed E-state index contributed by atoms with van der Waals surface area (Å²) < 4.78 is 5.49. The fourth-order valence-corrected chi connectivity index (χ4v) is 3.32. The van der Waals surface area contributed by atoms with Gasteiger partial charge in [0.25, 0.3) is 5.91 Å². The zero-order valence-electron chi connectivity index (χ0n) is 15.6. The SMILES string of the molecule is CCOc1cc(C2N(C)C(=O)c3ccccc3N2CC(=O)NC)ccc1O. The van der Waals surface area contributed by atoms with Gasteiger partial charge in [-0.05, 0) is 36.8 Å². The number of anilines is 1. The number of rotatable bonds is 5. The number of hydrogen-bond acceptors (Lipinski definition) is 5. The van der Waals surface area contributed by atoms with Crippen molar-refractivity contribution in [2.45, 2.75) is 13.1 Å². The van der Waals surface area contributed by atoms with Gasteiger partial charge in [0.2, 0.25) is 5.91 Å². The second-order valence-electron chi connectivity index (χ2n) is 6.27. The molecular weight excluding hydrogens is 346 g/mol. The van der Waals surface area contributed by atoms with E-state index in [0.717, 1.165) is 5.56 Å². The quantitative estimate of drug-likeness (QED) is 0.844. The third-order valence-corrected chi connectivity index (χ3v) is 4.60. The number of aromatic hydroxyl groups is 1. The van der Waals surface area contributed by atoms with E-state index in [4.69, 9.17) is 4.74 Å². The van der Waals surface area contributed by atoms with Crippen LogP contribution in [-0.2, 0) is 4.79 Å². The molecule has 0 spiro atoms. The maximum Gasteiger partial charge on any atom is 0.257 e. The number of nitrogens with zero attached hydrogens (tertiary/aromatic N) is 2. The molecule has 2 N–H and O–H groups in total. The van der Waals surface area contributed by atoms with Crippen LogP contribution in [0.2, 0.25) is 0 Å². The lowest BCUT2D eigenvalue weighted by Crippen LogP contribution is -2.50. The predicted molar refractivity (Wildman–Crippen MR) is 102 cm³/mol. The largest absolute Gasteiger partial charge is 0.504 e. The lowest BCUT2D eigenvalue weighted by atomic mass is 10.0. The minimum atomic E-state index is -0.510. The minimum absolute atomic E-state index is 0.0311. The highest BCUT2D eigenvalue weighted by Gasteiger charge is 2.37. The van der Waals surface area contributed by atoms with Crippen LogP contribution >= 0.6 is 0 Å². The molecule has 7 heteroatoms. The number of phenolic OH excluding ortho intramolecular Hbond substituents is 1. The van der Waals surface area contributed by atoms with Gasteiger partial charge in [-0.2, -0.15) is 0 Å². The van der Waals surface area contributed by atoms with Gasteiger partial charge >= 0.3 is 0 Å². The third kappa shape index (κ3) is 3.40. The number of para-hydroxylation sites is 1. The molecule has 2 amide bonds. The van der Waals surface area contributed by atoms with Crippen molar-refractivity contribution < 1.29 is 19.4 Å². The Morgan fingerprint density at radius 1 is 1.26 bits per heavy atom. The number of ether oxygens (including phenoxy) is 1. The van der Waals surface area contributed by atoms with Crippen molar-refractivity contribution in [1.29, 1.82) is 0 Å². The molecule has 1 aliphatic heterocycles. The highest BCUT2D eigenvalue weighted by molar-refractivity contribution is 6.02. The van der Waals surface area contributed by atoms with Gasteiger partial charge < -0.3 is 25.0 Å². The highest BCUT2D eigenvalue weighted by Crippen LogP contribution is 2.40. The molecule has 1 heterocycles. The number of carbonyl (C=O) groups is 2. The molecular formula is C20H23N3O4. The molecule has 2 aromatic carbocycles. The predicted octanol–water partition coefficient (Wildman–Crippen LogP) is 2.13. The second-order valence-corrected chi connectivity index (χ2v) is 6.27. The Balaban J connectivity index is 2.12. The molecule has 1 unspecified atom stereocenters. The van der Waals surface area contributed by atoms with Gasteiger partial charge in [0.1, 0.15) is 6.17 Å². The summed E-state index contributed by atoms with van der Waals surface area (Å²) >= 11 is 0. The molecule has 0 aromatic heterocycles. The molecule has 0 fully saturated rings. The van der Waals surface area contributed by atoms with Crippen molar-refractivity contribution in [3.63, 3.8) is 0 Å². The summed E-state index contributed by atoms with van der Waals surface area (Å²) in [7, 11) is 3.28. The average molecular weight is 369 g/mol. The van der Waals surface area contributed by atoms with Crippen LogP contribution in [0.15, 0.2) is 42.5 Å². The van der Waals surface area contributed by atoms with E-state index in [1.165, 1.54) is 6.07 Å². The molecule has 1 atom stereocenters. The Labute approximate surface area is 158 Å². The van der Waals surface area contributed by atoms with Gasteiger partial charge in [0.15, 0.2) is 11.5 Å². The first-order chi connectivity index (χ1) is 13.0. The van der Waals surface area contributed by atoms with Crippen molar-refractivity contribution in [1.82, 2.24) is 10.2 Å². The van der Waals surface area contributed by atoms with E-state index in [0.29, 0.717) is 23.6 Å². The van der Waals surface area contributed by atoms with Gasteiger partial charge in [-0.1, -0.05) is 18.2 Å². The minimum Gasteiger partial charge on any atom is -0.504 e. The lowest BCUT2D eigenvalue weighted by Gasteiger charge is -2.44. The van der Waals surface area contributed by atoms with E-state index in [2.05, 4.69) is 5.32 Å². The lowest BCUT2D eigenvalue weighted by molar-refractivity contribution is -0.119. The molecule has 0 saturated heterocycles. The van der Waals surface area contributed by atoms with Crippen molar-refractivity contribution in [2.75, 3.05) is 32.1 Å². The molecule has 0 saturated carbocycles. The molecule has 1 aliphatic rings. The number of fused-ring (bicyclic) bond motifs is 1. The maximum atomic E-state index is 12.9. The standard InChI is InChI=1S/C20H23N3O4/c1-4-27-17-11-13(9-10-16(17)24)19-22(3)20(26)14-7-5-6-8-15(14)23(19)12-18(25)21-2/h5-11,19,24H,4,12H2,1-3H3,(H,21,25). The number of likely N-dealkylation sites (N-methyl/N-ethyl adjacent to an activating group) is 1. The summed E-state index contributed by atoms with van der Waals surface area (Å²) in [6, 6.07) is 12.2. The van der Waals surface area contributed by atoms with E-state index in [-0.39, 0.29) is 24.1 Å². The molecule has 142 valence electrons. The van der Waals surface area contributed by atoms with Crippen LogP contribution in [0.3, 0.4) is 0 Å². The van der Waals surface area contributed by atoms with Crippen LogP contribution in [-0.4, -0.2) is 49.1 Å². The first-order valence-corrected chi connectivity index (χ1v) is 8.77. The van der Waals surface area contributed by atoms with Gasteiger partial charge in [-0.3, -0.25) is 9.59 Å². The summed E-state index contributed by atoms with van der Waals surface area (Å²) in [4.78, 5) is 28.5. The van der Waals surface area contributed by atoms with Crippen LogP contribution in [0.5, 0.6) is 11.5 Å². The fraction of sp³-hybridized carbons (Fsp3) is 0.300. The number of phenols is 1. The molecule has 2 aromatic rings. The normalized spacial score (nSPS) is 16.1. The van der Waals surface area contributed by atoms with Crippen molar-refractivity contribution >= 4 is 17.5 Å². The van der Waals surface area contributed by atoms with Gasteiger partial charge in [0, 0.05) is 14.1 Å². The van der Waals surface area contributed by atoms with Crippen molar-refractivity contribution in [3.8, 4) is 11.5 Å². The number of carbonyl (C=O) groups excluding carboxylic acids is 2. The van der Waals surface area contributed by atoms with Crippen LogP contribution in [0.25, 0.3) is 0 Å². The van der Waals surface area contributed by atoms with E-state index < -0.39 is 6.17 Å². The van der Waals surface area contributed by atoms with Crippen LogP contribution in [0, 0.1) is 0 Å². The van der Waals surface area contributed by atoms with Crippen LogP contribution in [0.1, 0.15) is 29.0 Å². The first kappa shape index (κ1) is 18.6. The molecule has 27 heavy (non-hydrogen) atoms. The Morgan fingerprint density at radius 2 is 2.00 bits per heavy atom. The smallest absolute Gasteiger partial charge is 0.257 e. The molecule has 7 nitrogen and oxygen atoms in total. The summed E-state index contributed by atoms with van der Waals surface area (Å²) in [5.74, 6) is 0.0781. The highest BCUT2D eigenvalue weighted by atomic mass is 16.5. The zero-order chi connectivity index (χ0) is 19.6. The summed E-state index contributed by atoms with van der Waals surface area (Å²) in [6.07, 6.45) is -0.510. The fourth-order valence-electron chi connectivity index (χ4n) is 3.32. The van der Waals surface area contributed by atoms with E-state index in [1.807, 2.05) is 24.0 Å². The van der Waals surface area contributed by atoms with Crippen LogP contribution in [0.4, 0.5) is 5.69 Å². The monoisotopic (exact) mass is 369 g/mol. The molecule has 0 radical (unpaired) electrons. The van der Waals surface area contributed by atoms with E-state index >= 15 is 0 Å². The van der Waals surface area contributed by atoms with Crippen molar-refractivity contribution in [3.05, 3.63) is 53.6 Å². The Kier molecular flexibility index (Phi) is 5.21. The second kappa shape index (κ2) is 7.57. The molecule has 0 bridgehead atoms. The van der Waals surface area contributed by atoms with Gasteiger partial charge in [-0.15, -0.1) is 0 Å². The Bertz CT molecular complexity index is 868. The Morgan fingerprint density at radius 3 is 2.70 bits per heavy atom. The van der Waals surface area contributed by atoms with E-state index in [9.17, 15) is 14.7 Å². The number of benzene rings is 2. The zero-order valence-corrected chi connectivity index (χ0v) is 15.6. The first-order valence-electron chi connectivity index (χ1n) is 8.77. The summed E-state index contributed by atoms with van der Waals surface area (Å²) in [5, 5.41) is 12.6. The topological polar surface area (TPSA) is 82.1 Å². The van der Waals surface area contributed by atoms with Crippen molar-refractivity contribution in [2.24, 2.45) is 0 Å². The summed E-state index contributed by atoms with van der Waals surface area (Å²) in [5.41, 5.74) is 1.98. The van der Waals surface area contributed by atoms with Gasteiger partial charge in [0.05, 0.1) is 24.4 Å². The number of amides is 2. The number of hydrogen-bond donors (Lipinski definition) is 2. The van der Waals surface area contributed by atoms with Crippen LogP contribution < -0.4 is 15.0 Å². The van der Waals surface area contributed by atoms with E-state index in [1.54, 1.807) is 43.3 Å². The average Bonchev–Trinajstić information content (AvgIpc) is 2.68. The maximum absolute atomic E-state index is 12.9. The molecule has 0 aliphatic carbocycles.